The van der Waals surface area contributed by atoms with Crippen LogP contribution in [-0.4, -0.2) is 30.2 Å². The fourth-order valence-corrected chi connectivity index (χ4v) is 3.99. The van der Waals surface area contributed by atoms with Gasteiger partial charge in [0.25, 0.3) is 5.91 Å². The average Bonchev–Trinajstić information content (AvgIpc) is 3.33. The Hall–Kier alpha value is -2.58. The van der Waals surface area contributed by atoms with Gasteiger partial charge in [-0.1, -0.05) is 23.7 Å². The zero-order valence-electron chi connectivity index (χ0n) is 15.1. The van der Waals surface area contributed by atoms with Crippen LogP contribution in [-0.2, 0) is 16.4 Å². The molecule has 0 radical (unpaired) electrons. The van der Waals surface area contributed by atoms with Gasteiger partial charge in [-0.15, -0.1) is 0 Å². The van der Waals surface area contributed by atoms with E-state index < -0.39 is 15.9 Å². The van der Waals surface area contributed by atoms with Gasteiger partial charge in [0.05, 0.1) is 29.2 Å². The minimum atomic E-state index is -3.46. The molecule has 9 heteroatoms. The number of aromatic nitrogens is 2. The molecule has 2 heterocycles. The molecule has 1 saturated carbocycles. The van der Waals surface area contributed by atoms with E-state index in [0.29, 0.717) is 39.0 Å². The van der Waals surface area contributed by atoms with Crippen molar-refractivity contribution >= 4 is 38.7 Å². The first-order chi connectivity index (χ1) is 13.2. The van der Waals surface area contributed by atoms with Crippen LogP contribution in [0.15, 0.2) is 36.5 Å². The van der Waals surface area contributed by atoms with Gasteiger partial charge >= 0.3 is 0 Å². The summed E-state index contributed by atoms with van der Waals surface area (Å²) in [5.74, 6) is -0.0700. The van der Waals surface area contributed by atoms with E-state index >= 15 is 0 Å². The van der Waals surface area contributed by atoms with Gasteiger partial charge in [0.15, 0.2) is 0 Å². The summed E-state index contributed by atoms with van der Waals surface area (Å²) in [5, 5.41) is 5.07. The molecule has 0 spiro atoms. The molecule has 0 saturated heterocycles. The summed E-state index contributed by atoms with van der Waals surface area (Å²) in [7, 11) is -3.46. The number of hydrogen-bond donors (Lipinski definition) is 2. The summed E-state index contributed by atoms with van der Waals surface area (Å²) >= 11 is 5.96. The number of anilines is 1. The fraction of sp³-hybridized carbons (Fsp3) is 0.263. The van der Waals surface area contributed by atoms with E-state index in [-0.39, 0.29) is 0 Å². The third kappa shape index (κ3) is 3.83. The van der Waals surface area contributed by atoms with Gasteiger partial charge in [0.1, 0.15) is 5.69 Å². The summed E-state index contributed by atoms with van der Waals surface area (Å²) in [6.07, 6.45) is 5.66. The molecular formula is C19H19ClN4O3S. The molecule has 0 bridgehead atoms. The number of primary amides is 1. The Morgan fingerprint density at radius 3 is 2.57 bits per heavy atom. The van der Waals surface area contributed by atoms with Crippen molar-refractivity contribution < 1.29 is 13.2 Å². The van der Waals surface area contributed by atoms with Crippen LogP contribution in [0.1, 0.15) is 28.8 Å². The maximum atomic E-state index is 12.2. The normalized spacial score (nSPS) is 14.4. The number of halogens is 1. The van der Waals surface area contributed by atoms with Crippen molar-refractivity contribution in [2.75, 3.05) is 11.0 Å². The topological polar surface area (TPSA) is 107 Å². The Morgan fingerprint density at radius 1 is 1.32 bits per heavy atom. The molecule has 7 nitrogen and oxygen atoms in total. The second-order valence-electron chi connectivity index (χ2n) is 7.16. The molecule has 1 aliphatic rings. The molecule has 1 amide bonds. The van der Waals surface area contributed by atoms with E-state index in [4.69, 9.17) is 17.3 Å². The predicted octanol–water partition coefficient (Wildman–Crippen LogP) is 3.08. The van der Waals surface area contributed by atoms with Crippen molar-refractivity contribution in [1.82, 2.24) is 9.61 Å². The summed E-state index contributed by atoms with van der Waals surface area (Å²) in [6.45, 7) is 0. The number of nitrogens with two attached hydrogens (primary N) is 1. The van der Waals surface area contributed by atoms with Gasteiger partial charge in [0.2, 0.25) is 10.0 Å². The highest BCUT2D eigenvalue weighted by Crippen LogP contribution is 2.36. The third-order valence-electron chi connectivity index (χ3n) is 4.72. The summed E-state index contributed by atoms with van der Waals surface area (Å²) < 4.78 is 27.6. The minimum absolute atomic E-state index is 0.297. The molecule has 28 heavy (non-hydrogen) atoms. The lowest BCUT2D eigenvalue weighted by molar-refractivity contribution is 0.100. The molecule has 0 unspecified atom stereocenters. The highest BCUT2D eigenvalue weighted by molar-refractivity contribution is 7.92. The highest BCUT2D eigenvalue weighted by atomic mass is 35.5. The summed E-state index contributed by atoms with van der Waals surface area (Å²) in [5.41, 5.74) is 8.92. The fourth-order valence-electron chi connectivity index (χ4n) is 3.28. The third-order valence-corrected chi connectivity index (χ3v) is 5.56. The van der Waals surface area contributed by atoms with Gasteiger partial charge < -0.3 is 5.73 Å². The second-order valence-corrected chi connectivity index (χ2v) is 9.34. The first-order valence-corrected chi connectivity index (χ1v) is 11.1. The molecule has 1 aliphatic carbocycles. The Bertz CT molecular complexity index is 1180. The average molecular weight is 419 g/mol. The first kappa shape index (κ1) is 18.8. The number of sulfonamides is 1. The molecule has 2 aromatic heterocycles. The van der Waals surface area contributed by atoms with E-state index in [1.165, 1.54) is 4.52 Å². The zero-order valence-corrected chi connectivity index (χ0v) is 16.7. The van der Waals surface area contributed by atoms with Gasteiger partial charge in [0, 0.05) is 10.6 Å². The van der Waals surface area contributed by atoms with Crippen LogP contribution in [0, 0.1) is 5.92 Å². The SMILES string of the molecule is CS(=O)(=O)Nc1cn2nc(-c3ccc(Cl)cc3)c(C(N)=O)c2cc1CC1CC1. The Balaban J connectivity index is 1.93. The van der Waals surface area contributed by atoms with E-state index in [0.717, 1.165) is 31.1 Å². The standard InChI is InChI=1S/C19H19ClN4O3S/c1-28(26,27)23-15-10-24-16(9-13(15)8-11-2-3-11)17(19(21)25)18(22-24)12-4-6-14(20)7-5-12/h4-7,9-11,23H,2-3,8H2,1H3,(H2,21,25). The molecule has 0 aliphatic heterocycles. The van der Waals surface area contributed by atoms with Crippen molar-refractivity contribution in [2.24, 2.45) is 11.7 Å². The lowest BCUT2D eigenvalue weighted by atomic mass is 10.0. The number of fused-ring (bicyclic) bond motifs is 1. The van der Waals surface area contributed by atoms with Gasteiger partial charge in [-0.25, -0.2) is 12.9 Å². The van der Waals surface area contributed by atoms with E-state index in [2.05, 4.69) is 9.82 Å². The Kier molecular flexibility index (Phi) is 4.55. The summed E-state index contributed by atoms with van der Waals surface area (Å²) in [4.78, 5) is 12.2. The molecule has 146 valence electrons. The van der Waals surface area contributed by atoms with Crippen molar-refractivity contribution in [3.05, 3.63) is 52.7 Å². The van der Waals surface area contributed by atoms with Crippen LogP contribution >= 0.6 is 11.6 Å². The number of amides is 1. The van der Waals surface area contributed by atoms with E-state index in [9.17, 15) is 13.2 Å². The number of nitrogens with one attached hydrogen (secondary N) is 1. The van der Waals surface area contributed by atoms with Crippen LogP contribution in [0.5, 0.6) is 0 Å². The zero-order chi connectivity index (χ0) is 20.1. The molecule has 3 N–H and O–H groups in total. The van der Waals surface area contributed by atoms with Gasteiger partial charge in [-0.2, -0.15) is 5.10 Å². The second kappa shape index (κ2) is 6.79. The minimum Gasteiger partial charge on any atom is -0.365 e. The van der Waals surface area contributed by atoms with Crippen LogP contribution in [0.3, 0.4) is 0 Å². The quantitative estimate of drug-likeness (QED) is 0.641. The molecule has 4 rings (SSSR count). The molecular weight excluding hydrogens is 400 g/mol. The number of benzene rings is 1. The van der Waals surface area contributed by atoms with Crippen molar-refractivity contribution in [1.29, 1.82) is 0 Å². The number of pyridine rings is 1. The first-order valence-electron chi connectivity index (χ1n) is 8.80. The van der Waals surface area contributed by atoms with Crippen LogP contribution in [0.2, 0.25) is 5.02 Å². The molecule has 1 aromatic carbocycles. The summed E-state index contributed by atoms with van der Waals surface area (Å²) in [6, 6.07) is 8.74. The van der Waals surface area contributed by atoms with Crippen LogP contribution < -0.4 is 10.5 Å². The van der Waals surface area contributed by atoms with Gasteiger partial charge in [-0.05, 0) is 48.9 Å². The lowest BCUT2D eigenvalue weighted by Crippen LogP contribution is -2.14. The predicted molar refractivity (Wildman–Crippen MR) is 109 cm³/mol. The van der Waals surface area contributed by atoms with Crippen LogP contribution in [0.4, 0.5) is 5.69 Å². The number of rotatable bonds is 6. The molecule has 0 atom stereocenters. The number of hydrogen-bond acceptors (Lipinski definition) is 4. The maximum Gasteiger partial charge on any atom is 0.253 e. The van der Waals surface area contributed by atoms with E-state index in [1.54, 1.807) is 36.5 Å². The Labute approximate surface area is 167 Å². The van der Waals surface area contributed by atoms with Gasteiger partial charge in [-0.3, -0.25) is 9.52 Å². The van der Waals surface area contributed by atoms with Crippen molar-refractivity contribution in [3.8, 4) is 11.3 Å². The highest BCUT2D eigenvalue weighted by Gasteiger charge is 2.26. The lowest BCUT2D eigenvalue weighted by Gasteiger charge is -2.11. The monoisotopic (exact) mass is 418 g/mol. The largest absolute Gasteiger partial charge is 0.365 e. The number of carbonyl (C=O) groups excluding carboxylic acids is 1. The van der Waals surface area contributed by atoms with Crippen molar-refractivity contribution in [3.63, 3.8) is 0 Å². The smallest absolute Gasteiger partial charge is 0.253 e. The van der Waals surface area contributed by atoms with Crippen LogP contribution in [0.25, 0.3) is 16.8 Å². The Morgan fingerprint density at radius 2 is 2.00 bits per heavy atom. The number of carbonyl (C=O) groups is 1. The molecule has 1 fully saturated rings. The maximum absolute atomic E-state index is 12.2. The number of nitrogens with zero attached hydrogens (tertiary/aromatic N) is 2. The molecule has 3 aromatic rings. The van der Waals surface area contributed by atoms with Crippen molar-refractivity contribution in [2.45, 2.75) is 19.3 Å². The van der Waals surface area contributed by atoms with E-state index in [1.807, 2.05) is 0 Å².